The summed E-state index contributed by atoms with van der Waals surface area (Å²) in [6, 6.07) is 0. The van der Waals surface area contributed by atoms with Crippen LogP contribution in [0.25, 0.3) is 0 Å². The summed E-state index contributed by atoms with van der Waals surface area (Å²) in [5.74, 6) is -0.472. The minimum atomic E-state index is -0.550. The molecule has 0 unspecified atom stereocenters. The summed E-state index contributed by atoms with van der Waals surface area (Å²) >= 11 is 0. The summed E-state index contributed by atoms with van der Waals surface area (Å²) in [6.45, 7) is 2.40. The van der Waals surface area contributed by atoms with Gasteiger partial charge in [0, 0.05) is 13.0 Å². The first-order chi connectivity index (χ1) is 5.74. The SMILES string of the molecule is CCC(=O)O[C@H]1CCCNC1=O. The van der Waals surface area contributed by atoms with Gasteiger partial charge in [0.25, 0.3) is 5.91 Å². The highest BCUT2D eigenvalue weighted by atomic mass is 16.5. The number of carbonyl (C=O) groups excluding carboxylic acids is 2. The highest BCUT2D eigenvalue weighted by molar-refractivity contribution is 5.84. The number of hydrogen-bond acceptors (Lipinski definition) is 3. The number of piperidine rings is 1. The zero-order valence-corrected chi connectivity index (χ0v) is 7.13. The maximum atomic E-state index is 11.1. The lowest BCUT2D eigenvalue weighted by Gasteiger charge is -2.21. The van der Waals surface area contributed by atoms with Crippen molar-refractivity contribution >= 4 is 11.9 Å². The molecule has 1 atom stereocenters. The second-order valence-corrected chi connectivity index (χ2v) is 2.77. The van der Waals surface area contributed by atoms with E-state index in [4.69, 9.17) is 4.74 Å². The smallest absolute Gasteiger partial charge is 0.306 e. The van der Waals surface area contributed by atoms with Gasteiger partial charge >= 0.3 is 5.97 Å². The Kier molecular flexibility index (Phi) is 3.08. The van der Waals surface area contributed by atoms with Crippen molar-refractivity contribution < 1.29 is 14.3 Å². The predicted molar refractivity (Wildman–Crippen MR) is 42.4 cm³/mol. The molecule has 1 saturated heterocycles. The van der Waals surface area contributed by atoms with Gasteiger partial charge in [-0.25, -0.2) is 0 Å². The number of esters is 1. The lowest BCUT2D eigenvalue weighted by Crippen LogP contribution is -2.42. The maximum absolute atomic E-state index is 11.1. The molecule has 1 aliphatic heterocycles. The Labute approximate surface area is 71.3 Å². The standard InChI is InChI=1S/C8H13NO3/c1-2-7(10)12-6-4-3-5-9-8(6)11/h6H,2-5H2,1H3,(H,9,11)/t6-/m0/s1. The van der Waals surface area contributed by atoms with Gasteiger partial charge in [0.15, 0.2) is 6.10 Å². The van der Waals surface area contributed by atoms with Crippen molar-refractivity contribution in [1.82, 2.24) is 5.32 Å². The normalized spacial score (nSPS) is 23.1. The van der Waals surface area contributed by atoms with E-state index in [9.17, 15) is 9.59 Å². The van der Waals surface area contributed by atoms with Gasteiger partial charge in [-0.1, -0.05) is 6.92 Å². The summed E-state index contributed by atoms with van der Waals surface area (Å²) in [5.41, 5.74) is 0. The first-order valence-electron chi connectivity index (χ1n) is 4.21. The lowest BCUT2D eigenvalue weighted by molar-refractivity contribution is -0.157. The molecule has 4 heteroatoms. The Bertz CT molecular complexity index is 191. The molecule has 1 fully saturated rings. The topological polar surface area (TPSA) is 55.4 Å². The van der Waals surface area contributed by atoms with Crippen LogP contribution < -0.4 is 5.32 Å². The van der Waals surface area contributed by atoms with Gasteiger partial charge in [-0.3, -0.25) is 9.59 Å². The van der Waals surface area contributed by atoms with Crippen LogP contribution >= 0.6 is 0 Å². The minimum absolute atomic E-state index is 0.164. The molecular formula is C8H13NO3. The van der Waals surface area contributed by atoms with Crippen molar-refractivity contribution in [3.63, 3.8) is 0 Å². The summed E-state index contributed by atoms with van der Waals surface area (Å²) in [5, 5.41) is 2.65. The van der Waals surface area contributed by atoms with Crippen LogP contribution in [0.2, 0.25) is 0 Å². The number of carbonyl (C=O) groups is 2. The van der Waals surface area contributed by atoms with E-state index in [-0.39, 0.29) is 11.9 Å². The van der Waals surface area contributed by atoms with Gasteiger partial charge in [-0.05, 0) is 12.8 Å². The zero-order chi connectivity index (χ0) is 8.97. The molecular weight excluding hydrogens is 158 g/mol. The molecule has 1 amide bonds. The first-order valence-corrected chi connectivity index (χ1v) is 4.21. The van der Waals surface area contributed by atoms with Crippen molar-refractivity contribution in [2.75, 3.05) is 6.54 Å². The van der Waals surface area contributed by atoms with Crippen molar-refractivity contribution in [2.45, 2.75) is 32.3 Å². The summed E-state index contributed by atoms with van der Waals surface area (Å²) in [7, 11) is 0. The molecule has 0 saturated carbocycles. The Morgan fingerprint density at radius 2 is 2.50 bits per heavy atom. The van der Waals surface area contributed by atoms with Crippen LogP contribution in [0.3, 0.4) is 0 Å². The Balaban J connectivity index is 2.39. The first kappa shape index (κ1) is 9.03. The monoisotopic (exact) mass is 171 g/mol. The van der Waals surface area contributed by atoms with Crippen molar-refractivity contribution in [2.24, 2.45) is 0 Å². The largest absolute Gasteiger partial charge is 0.452 e. The molecule has 0 radical (unpaired) electrons. The van der Waals surface area contributed by atoms with Crippen LogP contribution in [-0.2, 0) is 14.3 Å². The van der Waals surface area contributed by atoms with Gasteiger partial charge in [-0.2, -0.15) is 0 Å². The van der Waals surface area contributed by atoms with E-state index < -0.39 is 6.10 Å². The van der Waals surface area contributed by atoms with Gasteiger partial charge < -0.3 is 10.1 Å². The number of hydrogen-bond donors (Lipinski definition) is 1. The fourth-order valence-electron chi connectivity index (χ4n) is 1.10. The highest BCUT2D eigenvalue weighted by Gasteiger charge is 2.24. The molecule has 1 N–H and O–H groups in total. The molecule has 1 aliphatic rings. The molecule has 0 bridgehead atoms. The van der Waals surface area contributed by atoms with Gasteiger partial charge in [-0.15, -0.1) is 0 Å². The van der Waals surface area contributed by atoms with Crippen LogP contribution in [0.5, 0.6) is 0 Å². The number of nitrogens with one attached hydrogen (secondary N) is 1. The number of amides is 1. The Morgan fingerprint density at radius 1 is 1.75 bits per heavy atom. The zero-order valence-electron chi connectivity index (χ0n) is 7.13. The molecule has 12 heavy (non-hydrogen) atoms. The van der Waals surface area contributed by atoms with E-state index >= 15 is 0 Å². The van der Waals surface area contributed by atoms with E-state index in [2.05, 4.69) is 5.32 Å². The van der Waals surface area contributed by atoms with E-state index in [1.54, 1.807) is 6.92 Å². The van der Waals surface area contributed by atoms with Crippen LogP contribution in [0.1, 0.15) is 26.2 Å². The van der Waals surface area contributed by atoms with Crippen molar-refractivity contribution in [1.29, 1.82) is 0 Å². The maximum Gasteiger partial charge on any atom is 0.306 e. The molecule has 0 aliphatic carbocycles. The molecule has 0 spiro atoms. The van der Waals surface area contributed by atoms with Crippen LogP contribution in [0.15, 0.2) is 0 Å². The molecule has 1 rings (SSSR count). The fourth-order valence-corrected chi connectivity index (χ4v) is 1.10. The lowest BCUT2D eigenvalue weighted by atomic mass is 10.1. The quantitative estimate of drug-likeness (QED) is 0.604. The van der Waals surface area contributed by atoms with Crippen LogP contribution in [0, 0.1) is 0 Å². The van der Waals surface area contributed by atoms with E-state index in [0.717, 1.165) is 6.42 Å². The molecule has 0 aromatic carbocycles. The third-order valence-electron chi connectivity index (χ3n) is 1.80. The van der Waals surface area contributed by atoms with E-state index in [1.165, 1.54) is 0 Å². The second-order valence-electron chi connectivity index (χ2n) is 2.77. The highest BCUT2D eigenvalue weighted by Crippen LogP contribution is 2.07. The molecule has 4 nitrogen and oxygen atoms in total. The Morgan fingerprint density at radius 3 is 3.08 bits per heavy atom. The Hall–Kier alpha value is -1.06. The average molecular weight is 171 g/mol. The number of ether oxygens (including phenoxy) is 1. The van der Waals surface area contributed by atoms with Gasteiger partial charge in [0.05, 0.1) is 0 Å². The van der Waals surface area contributed by atoms with Gasteiger partial charge in [0.1, 0.15) is 0 Å². The molecule has 0 aromatic rings. The van der Waals surface area contributed by atoms with Crippen LogP contribution in [-0.4, -0.2) is 24.5 Å². The van der Waals surface area contributed by atoms with Crippen LogP contribution in [0.4, 0.5) is 0 Å². The predicted octanol–water partition coefficient (Wildman–Crippen LogP) is 0.218. The van der Waals surface area contributed by atoms with E-state index in [1.807, 2.05) is 0 Å². The summed E-state index contributed by atoms with van der Waals surface area (Å²) in [4.78, 5) is 21.9. The molecule has 0 aromatic heterocycles. The second kappa shape index (κ2) is 4.09. The summed E-state index contributed by atoms with van der Waals surface area (Å²) in [6.07, 6.45) is 1.31. The molecule has 1 heterocycles. The number of rotatable bonds is 2. The van der Waals surface area contributed by atoms with Gasteiger partial charge in [0.2, 0.25) is 0 Å². The van der Waals surface area contributed by atoms with E-state index in [0.29, 0.717) is 19.4 Å². The van der Waals surface area contributed by atoms with Crippen molar-refractivity contribution in [3.8, 4) is 0 Å². The van der Waals surface area contributed by atoms with Crippen molar-refractivity contribution in [3.05, 3.63) is 0 Å². The average Bonchev–Trinajstić information content (AvgIpc) is 2.09. The minimum Gasteiger partial charge on any atom is -0.452 e. The molecule has 68 valence electrons. The summed E-state index contributed by atoms with van der Waals surface area (Å²) < 4.78 is 4.90. The third-order valence-corrected chi connectivity index (χ3v) is 1.80. The third kappa shape index (κ3) is 2.22. The fraction of sp³-hybridized carbons (Fsp3) is 0.750.